The largest absolute Gasteiger partial charge is 0.489 e. The molecule has 0 saturated carbocycles. The van der Waals surface area contributed by atoms with E-state index in [0.29, 0.717) is 6.61 Å². The topological polar surface area (TPSA) is 34.0 Å². The van der Waals surface area contributed by atoms with Gasteiger partial charge in [-0.15, -0.1) is 0 Å². The number of hydrogen-bond acceptors (Lipinski definition) is 3. The molecule has 0 amide bonds. The van der Waals surface area contributed by atoms with Gasteiger partial charge in [-0.25, -0.2) is 0 Å². The average molecular weight is 316 g/mol. The number of aryl methyl sites for hydroxylation is 2. The number of ether oxygens (including phenoxy) is 1. The highest BCUT2D eigenvalue weighted by Gasteiger charge is 1.97. The molecule has 0 spiro atoms. The number of hydrogen-bond donors (Lipinski definition) is 0. The van der Waals surface area contributed by atoms with Crippen LogP contribution in [0, 0.1) is 13.8 Å². The zero-order valence-corrected chi connectivity index (χ0v) is 13.9. The van der Waals surface area contributed by atoms with Gasteiger partial charge in [0, 0.05) is 0 Å². The van der Waals surface area contributed by atoms with Crippen molar-refractivity contribution in [3.8, 4) is 5.75 Å². The van der Waals surface area contributed by atoms with E-state index in [2.05, 4.69) is 48.3 Å². The molecule has 0 fully saturated rings. The highest BCUT2D eigenvalue weighted by Crippen LogP contribution is 2.22. The molecular formula is C21H20N2O. The first-order valence-electron chi connectivity index (χ1n) is 7.96. The van der Waals surface area contributed by atoms with Crippen molar-refractivity contribution in [1.29, 1.82) is 0 Å². The van der Waals surface area contributed by atoms with Crippen molar-refractivity contribution >= 4 is 11.4 Å². The van der Waals surface area contributed by atoms with Gasteiger partial charge in [0.15, 0.2) is 0 Å². The molecule has 120 valence electrons. The van der Waals surface area contributed by atoms with Gasteiger partial charge in [-0.2, -0.15) is 10.2 Å². The summed E-state index contributed by atoms with van der Waals surface area (Å²) in [7, 11) is 0. The van der Waals surface area contributed by atoms with Crippen LogP contribution in [0.2, 0.25) is 0 Å². The van der Waals surface area contributed by atoms with E-state index in [9.17, 15) is 0 Å². The second kappa shape index (κ2) is 7.55. The maximum absolute atomic E-state index is 5.79. The van der Waals surface area contributed by atoms with Crippen LogP contribution in [-0.2, 0) is 6.61 Å². The number of azo groups is 1. The van der Waals surface area contributed by atoms with Crippen LogP contribution in [0.4, 0.5) is 11.4 Å². The predicted octanol–water partition coefficient (Wildman–Crippen LogP) is 6.30. The molecule has 0 aliphatic carbocycles. The van der Waals surface area contributed by atoms with Gasteiger partial charge < -0.3 is 4.74 Å². The molecule has 3 aromatic carbocycles. The number of nitrogens with zero attached hydrogens (tertiary/aromatic N) is 2. The quantitative estimate of drug-likeness (QED) is 0.509. The Balaban J connectivity index is 1.58. The van der Waals surface area contributed by atoms with E-state index >= 15 is 0 Å². The van der Waals surface area contributed by atoms with Gasteiger partial charge in [0.2, 0.25) is 0 Å². The molecule has 0 saturated heterocycles. The van der Waals surface area contributed by atoms with Gasteiger partial charge in [0.25, 0.3) is 0 Å². The second-order valence-electron chi connectivity index (χ2n) is 5.80. The van der Waals surface area contributed by atoms with Crippen LogP contribution < -0.4 is 4.74 Å². The van der Waals surface area contributed by atoms with Crippen molar-refractivity contribution in [1.82, 2.24) is 0 Å². The molecule has 0 N–H and O–H groups in total. The summed E-state index contributed by atoms with van der Waals surface area (Å²) in [5, 5.41) is 8.48. The van der Waals surface area contributed by atoms with Gasteiger partial charge in [-0.1, -0.05) is 47.5 Å². The molecule has 24 heavy (non-hydrogen) atoms. The highest BCUT2D eigenvalue weighted by molar-refractivity contribution is 5.43. The Bertz CT molecular complexity index is 804. The summed E-state index contributed by atoms with van der Waals surface area (Å²) >= 11 is 0. The lowest BCUT2D eigenvalue weighted by Crippen LogP contribution is -1.94. The van der Waals surface area contributed by atoms with E-state index in [1.807, 2.05) is 48.5 Å². The first-order valence-corrected chi connectivity index (χ1v) is 7.96. The Morgan fingerprint density at radius 3 is 1.62 bits per heavy atom. The smallest absolute Gasteiger partial charge is 0.119 e. The third kappa shape index (κ3) is 4.53. The summed E-state index contributed by atoms with van der Waals surface area (Å²) < 4.78 is 5.79. The van der Waals surface area contributed by atoms with E-state index < -0.39 is 0 Å². The molecule has 0 heterocycles. The Hall–Kier alpha value is -2.94. The van der Waals surface area contributed by atoms with Crippen molar-refractivity contribution in [3.05, 3.63) is 89.5 Å². The molecule has 0 aliphatic rings. The van der Waals surface area contributed by atoms with Crippen molar-refractivity contribution in [3.63, 3.8) is 0 Å². The third-order valence-electron chi connectivity index (χ3n) is 3.68. The molecule has 3 heteroatoms. The molecule has 0 bridgehead atoms. The Morgan fingerprint density at radius 1 is 0.625 bits per heavy atom. The molecular weight excluding hydrogens is 296 g/mol. The molecule has 0 unspecified atom stereocenters. The highest BCUT2D eigenvalue weighted by atomic mass is 16.5. The first-order chi connectivity index (χ1) is 11.7. The summed E-state index contributed by atoms with van der Waals surface area (Å²) in [4.78, 5) is 0. The third-order valence-corrected chi connectivity index (χ3v) is 3.68. The predicted molar refractivity (Wildman–Crippen MR) is 97.3 cm³/mol. The van der Waals surface area contributed by atoms with Gasteiger partial charge in [0.1, 0.15) is 12.4 Å². The monoisotopic (exact) mass is 316 g/mol. The van der Waals surface area contributed by atoms with Crippen molar-refractivity contribution in [2.45, 2.75) is 20.5 Å². The molecule has 0 aromatic heterocycles. The molecule has 0 radical (unpaired) electrons. The van der Waals surface area contributed by atoms with Crippen LogP contribution in [0.5, 0.6) is 5.75 Å². The second-order valence-corrected chi connectivity index (χ2v) is 5.80. The van der Waals surface area contributed by atoms with Gasteiger partial charge in [0.05, 0.1) is 11.4 Å². The molecule has 3 nitrogen and oxygen atoms in total. The van der Waals surface area contributed by atoms with Crippen molar-refractivity contribution in [2.75, 3.05) is 0 Å². The van der Waals surface area contributed by atoms with Crippen LogP contribution in [0.3, 0.4) is 0 Å². The molecule has 0 atom stereocenters. The Morgan fingerprint density at radius 2 is 1.08 bits per heavy atom. The minimum absolute atomic E-state index is 0.560. The van der Waals surface area contributed by atoms with E-state index in [0.717, 1.165) is 22.7 Å². The van der Waals surface area contributed by atoms with E-state index in [1.165, 1.54) is 11.1 Å². The fourth-order valence-corrected chi connectivity index (χ4v) is 2.19. The summed E-state index contributed by atoms with van der Waals surface area (Å²) in [5.41, 5.74) is 5.27. The summed E-state index contributed by atoms with van der Waals surface area (Å²) in [6, 6.07) is 23.9. The first kappa shape index (κ1) is 15.9. The number of benzene rings is 3. The van der Waals surface area contributed by atoms with Gasteiger partial charge in [-0.3, -0.25) is 0 Å². The normalized spacial score (nSPS) is 10.9. The molecule has 0 aliphatic heterocycles. The van der Waals surface area contributed by atoms with Gasteiger partial charge >= 0.3 is 0 Å². The standard InChI is InChI=1S/C21H20N2O/c1-16-3-7-18(8-4-16)15-24-21-13-11-20(12-14-21)23-22-19-9-5-17(2)6-10-19/h3-14H,15H2,1-2H3. The zero-order valence-electron chi connectivity index (χ0n) is 13.9. The fourth-order valence-electron chi connectivity index (χ4n) is 2.19. The van der Waals surface area contributed by atoms with Gasteiger partial charge in [-0.05, 0) is 55.8 Å². The maximum atomic E-state index is 5.79. The lowest BCUT2D eigenvalue weighted by Gasteiger charge is -2.06. The Labute approximate surface area is 142 Å². The Kier molecular flexibility index (Phi) is 5.02. The van der Waals surface area contributed by atoms with Crippen molar-refractivity contribution in [2.24, 2.45) is 10.2 Å². The lowest BCUT2D eigenvalue weighted by molar-refractivity contribution is 0.306. The van der Waals surface area contributed by atoms with Crippen LogP contribution >= 0.6 is 0 Å². The van der Waals surface area contributed by atoms with Crippen LogP contribution in [-0.4, -0.2) is 0 Å². The summed E-state index contributed by atoms with van der Waals surface area (Å²) in [6.07, 6.45) is 0. The van der Waals surface area contributed by atoms with E-state index in [1.54, 1.807) is 0 Å². The minimum atomic E-state index is 0.560. The lowest BCUT2D eigenvalue weighted by atomic mass is 10.2. The molecule has 3 aromatic rings. The summed E-state index contributed by atoms with van der Waals surface area (Å²) in [6.45, 7) is 4.69. The minimum Gasteiger partial charge on any atom is -0.489 e. The molecule has 3 rings (SSSR count). The zero-order chi connectivity index (χ0) is 16.8. The van der Waals surface area contributed by atoms with Crippen LogP contribution in [0.25, 0.3) is 0 Å². The maximum Gasteiger partial charge on any atom is 0.119 e. The van der Waals surface area contributed by atoms with Crippen LogP contribution in [0.15, 0.2) is 83.0 Å². The average Bonchev–Trinajstić information content (AvgIpc) is 2.62. The van der Waals surface area contributed by atoms with Crippen molar-refractivity contribution < 1.29 is 4.74 Å². The van der Waals surface area contributed by atoms with Crippen LogP contribution in [0.1, 0.15) is 16.7 Å². The van der Waals surface area contributed by atoms with E-state index in [4.69, 9.17) is 4.74 Å². The summed E-state index contributed by atoms with van der Waals surface area (Å²) in [5.74, 6) is 0.824. The SMILES string of the molecule is Cc1ccc(COc2ccc(N=Nc3ccc(C)cc3)cc2)cc1. The van der Waals surface area contributed by atoms with E-state index in [-0.39, 0.29) is 0 Å². The number of rotatable bonds is 5. The fraction of sp³-hybridized carbons (Fsp3) is 0.143.